The van der Waals surface area contributed by atoms with Gasteiger partial charge in [-0.3, -0.25) is 23.2 Å². The molecule has 0 bridgehead atoms. The van der Waals surface area contributed by atoms with E-state index in [1.807, 2.05) is 36.5 Å². The van der Waals surface area contributed by atoms with E-state index in [1.165, 1.54) is 38.5 Å². The number of aliphatic hydroxyl groups excluding tert-OH is 3. The Kier molecular flexibility index (Phi) is 38.9. The molecule has 15 nitrogen and oxygen atoms in total. The Bertz CT molecular complexity index is 1470. The molecule has 0 saturated heterocycles. The van der Waals surface area contributed by atoms with Gasteiger partial charge in [0.15, 0.2) is 6.10 Å². The zero-order valence-electron chi connectivity index (χ0n) is 37.6. The third-order valence-electron chi connectivity index (χ3n) is 8.95. The summed E-state index contributed by atoms with van der Waals surface area (Å²) in [5, 5.41) is 29.9. The van der Waals surface area contributed by atoms with Crippen molar-refractivity contribution in [1.82, 2.24) is 0 Å². The van der Waals surface area contributed by atoms with Crippen LogP contribution in [0.2, 0.25) is 0 Å². The van der Waals surface area contributed by atoms with E-state index in [0.29, 0.717) is 19.3 Å². The summed E-state index contributed by atoms with van der Waals surface area (Å²) < 4.78 is 47.6. The first-order valence-corrected chi connectivity index (χ1v) is 25.5. The smallest absolute Gasteiger partial charge is 0.462 e. The molecule has 0 saturated carbocycles. The number of hydrogen-bond donors (Lipinski definition) is 6. The highest BCUT2D eigenvalue weighted by Gasteiger charge is 2.28. The number of carbonyl (C=O) groups is 2. The lowest BCUT2D eigenvalue weighted by Crippen LogP contribution is -2.30. The molecule has 362 valence electrons. The number of hydrogen-bond acceptors (Lipinski definition) is 12. The molecule has 6 N–H and O–H groups in total. The van der Waals surface area contributed by atoms with Crippen molar-refractivity contribution in [2.45, 2.75) is 167 Å². The van der Waals surface area contributed by atoms with Gasteiger partial charge in [0, 0.05) is 12.8 Å². The first-order valence-electron chi connectivity index (χ1n) is 22.5. The van der Waals surface area contributed by atoms with Crippen molar-refractivity contribution in [3.63, 3.8) is 0 Å². The number of carbonyl (C=O) groups excluding carboxylic acids is 2. The van der Waals surface area contributed by atoms with Crippen molar-refractivity contribution in [3.05, 3.63) is 85.1 Å². The van der Waals surface area contributed by atoms with Gasteiger partial charge in [-0.1, -0.05) is 150 Å². The molecule has 0 aliphatic heterocycles. The largest absolute Gasteiger partial charge is 0.472 e. The van der Waals surface area contributed by atoms with Crippen LogP contribution in [0.15, 0.2) is 85.1 Å². The van der Waals surface area contributed by atoms with E-state index >= 15 is 0 Å². The van der Waals surface area contributed by atoms with Crippen LogP contribution in [0.3, 0.4) is 0 Å². The van der Waals surface area contributed by atoms with Crippen LogP contribution in [0.1, 0.15) is 142 Å². The standard InChI is InChI=1S/C46H78O15P2/c1-3-5-7-8-9-10-11-12-13-14-15-16-17-18-22-25-29-35-46(51)61-44(40-60-63(55,56)59-38-43(49)37-58-62(52,53)54)39-57-45(50)36-30-34-42(48)33-28-24-21-19-20-23-27-32-41(47)31-26-6-4-2/h12-13,15-16,18,20-24,27-28,32-33,41-44,47-49H,3-11,14,17,19,25-26,29-31,34-40H2,1-2H3,(H,55,56)(H2,52,53,54)/b13-12-,16-15-,22-18-,23-20-,24-21-,32-27+,33-28+/t41-,42-,43-,44+/m0/s1. The normalized spacial score (nSPS) is 15.7. The van der Waals surface area contributed by atoms with Crippen LogP contribution < -0.4 is 0 Å². The van der Waals surface area contributed by atoms with Gasteiger partial charge in [-0.05, 0) is 64.2 Å². The molecule has 0 spiro atoms. The molecule has 63 heavy (non-hydrogen) atoms. The van der Waals surface area contributed by atoms with Crippen molar-refractivity contribution < 1.29 is 71.8 Å². The average molecular weight is 933 g/mol. The van der Waals surface area contributed by atoms with Gasteiger partial charge in [-0.25, -0.2) is 9.13 Å². The lowest BCUT2D eigenvalue weighted by molar-refractivity contribution is -0.161. The number of allylic oxidation sites excluding steroid dienone is 12. The monoisotopic (exact) mass is 932 g/mol. The molecule has 0 aromatic heterocycles. The third-order valence-corrected chi connectivity index (χ3v) is 10.4. The number of esters is 2. The molecule has 0 heterocycles. The summed E-state index contributed by atoms with van der Waals surface area (Å²) in [4.78, 5) is 52.7. The van der Waals surface area contributed by atoms with Crippen LogP contribution in [0.4, 0.5) is 0 Å². The number of rotatable bonds is 41. The van der Waals surface area contributed by atoms with Crippen LogP contribution >= 0.6 is 15.6 Å². The predicted octanol–water partition coefficient (Wildman–Crippen LogP) is 9.50. The summed E-state index contributed by atoms with van der Waals surface area (Å²) in [5.41, 5.74) is 0. The first-order chi connectivity index (χ1) is 30.2. The van der Waals surface area contributed by atoms with E-state index in [9.17, 15) is 38.9 Å². The molecular formula is C46H78O15P2. The van der Waals surface area contributed by atoms with Crippen molar-refractivity contribution in [1.29, 1.82) is 0 Å². The molecule has 0 radical (unpaired) electrons. The summed E-state index contributed by atoms with van der Waals surface area (Å²) in [6.07, 6.45) is 39.4. The summed E-state index contributed by atoms with van der Waals surface area (Å²) >= 11 is 0. The maximum atomic E-state index is 12.7. The van der Waals surface area contributed by atoms with Gasteiger partial charge in [0.1, 0.15) is 12.7 Å². The Morgan fingerprint density at radius 3 is 1.63 bits per heavy atom. The molecular weight excluding hydrogens is 854 g/mol. The van der Waals surface area contributed by atoms with Crippen molar-refractivity contribution in [2.75, 3.05) is 26.4 Å². The van der Waals surface area contributed by atoms with Gasteiger partial charge in [-0.2, -0.15) is 0 Å². The van der Waals surface area contributed by atoms with Gasteiger partial charge < -0.3 is 39.5 Å². The van der Waals surface area contributed by atoms with Crippen LogP contribution in [-0.2, 0) is 41.8 Å². The minimum Gasteiger partial charge on any atom is -0.462 e. The summed E-state index contributed by atoms with van der Waals surface area (Å²) in [6, 6.07) is 0. The van der Waals surface area contributed by atoms with Gasteiger partial charge in [0.2, 0.25) is 0 Å². The average Bonchev–Trinajstić information content (AvgIpc) is 3.23. The zero-order chi connectivity index (χ0) is 46.9. The molecule has 0 amide bonds. The molecule has 0 rings (SSSR count). The van der Waals surface area contributed by atoms with E-state index in [1.54, 1.807) is 24.3 Å². The molecule has 17 heteroatoms. The fourth-order valence-corrected chi connectivity index (χ4v) is 6.61. The van der Waals surface area contributed by atoms with Gasteiger partial charge >= 0.3 is 27.6 Å². The van der Waals surface area contributed by atoms with Crippen LogP contribution in [0.25, 0.3) is 0 Å². The van der Waals surface area contributed by atoms with Crippen LogP contribution in [-0.4, -0.2) is 92.8 Å². The molecule has 0 aliphatic carbocycles. The minimum absolute atomic E-state index is 0.00593. The number of aliphatic hydroxyl groups is 3. The van der Waals surface area contributed by atoms with Gasteiger partial charge in [-0.15, -0.1) is 0 Å². The van der Waals surface area contributed by atoms with E-state index in [0.717, 1.165) is 44.9 Å². The Balaban J connectivity index is 4.82. The Hall–Kier alpha value is -2.78. The number of phosphoric ester groups is 2. The number of unbranched alkanes of at least 4 members (excludes halogenated alkanes) is 9. The van der Waals surface area contributed by atoms with Crippen molar-refractivity contribution >= 4 is 27.6 Å². The summed E-state index contributed by atoms with van der Waals surface area (Å²) in [7, 11) is -9.78. The lowest BCUT2D eigenvalue weighted by atomic mass is 10.1. The molecule has 1 unspecified atom stereocenters. The highest BCUT2D eigenvalue weighted by Crippen LogP contribution is 2.43. The van der Waals surface area contributed by atoms with Gasteiger partial charge in [0.05, 0.1) is 32.0 Å². The van der Waals surface area contributed by atoms with Gasteiger partial charge in [0.25, 0.3) is 0 Å². The topological polar surface area (TPSA) is 236 Å². The molecule has 0 aromatic rings. The number of phosphoric acid groups is 2. The second kappa shape index (κ2) is 40.7. The van der Waals surface area contributed by atoms with E-state index in [2.05, 4.69) is 47.2 Å². The van der Waals surface area contributed by atoms with E-state index in [4.69, 9.17) is 23.8 Å². The molecule has 5 atom stereocenters. The quantitative estimate of drug-likeness (QED) is 0.0110. The fraction of sp³-hybridized carbons (Fsp3) is 0.652. The highest BCUT2D eigenvalue weighted by atomic mass is 31.2. The highest BCUT2D eigenvalue weighted by molar-refractivity contribution is 7.47. The molecule has 0 aromatic carbocycles. The second-order valence-electron chi connectivity index (χ2n) is 15.0. The Morgan fingerprint density at radius 1 is 0.524 bits per heavy atom. The summed E-state index contributed by atoms with van der Waals surface area (Å²) in [6.45, 7) is 1.33. The SMILES string of the molecule is CCCCCCCC/C=C\C/C=C\C/C=C\CCCC(=O)O[C@H](COC(=O)CCC[C@@H](O)/C=C/C=C\C/C=C\C=C\[C@@H](O)CCCCC)COP(=O)(O)OC[C@@H](O)COP(=O)(O)O. The lowest BCUT2D eigenvalue weighted by Gasteiger charge is -2.20. The third kappa shape index (κ3) is 44.2. The number of ether oxygens (including phenoxy) is 2. The first kappa shape index (κ1) is 60.2. The van der Waals surface area contributed by atoms with E-state index in [-0.39, 0.29) is 25.7 Å². The fourth-order valence-electron chi connectivity index (χ4n) is 5.46. The second-order valence-corrected chi connectivity index (χ2v) is 17.7. The van der Waals surface area contributed by atoms with Crippen molar-refractivity contribution in [3.8, 4) is 0 Å². The summed E-state index contributed by atoms with van der Waals surface area (Å²) in [5.74, 6) is -1.33. The minimum atomic E-state index is -4.90. The zero-order valence-corrected chi connectivity index (χ0v) is 39.4. The van der Waals surface area contributed by atoms with Crippen LogP contribution in [0.5, 0.6) is 0 Å². The van der Waals surface area contributed by atoms with Crippen molar-refractivity contribution in [2.24, 2.45) is 0 Å². The maximum Gasteiger partial charge on any atom is 0.472 e. The Morgan fingerprint density at radius 2 is 1.02 bits per heavy atom. The van der Waals surface area contributed by atoms with Crippen LogP contribution in [0, 0.1) is 0 Å². The molecule has 0 fully saturated rings. The predicted molar refractivity (Wildman–Crippen MR) is 246 cm³/mol. The van der Waals surface area contributed by atoms with E-state index < -0.39 is 78.4 Å². The Labute approximate surface area is 376 Å². The molecule has 0 aliphatic rings. The maximum absolute atomic E-state index is 12.7.